The number of rotatable bonds is 3. The summed E-state index contributed by atoms with van der Waals surface area (Å²) >= 11 is -2.04. The van der Waals surface area contributed by atoms with Crippen molar-refractivity contribution in [3.8, 4) is 22.3 Å². The minimum atomic E-state index is -2.04. The average molecular weight is 591 g/mol. The van der Waals surface area contributed by atoms with Crippen LogP contribution in [-0.2, 0) is 20.4 Å². The van der Waals surface area contributed by atoms with Gasteiger partial charge in [0.25, 0.3) is 0 Å². The number of hydrogen-bond donors (Lipinski definition) is 0. The summed E-state index contributed by atoms with van der Waals surface area (Å²) < 4.78 is 1.32. The summed E-state index contributed by atoms with van der Waals surface area (Å²) in [5.41, 5.74) is 13.2. The Morgan fingerprint density at radius 3 is 1.69 bits per heavy atom. The third-order valence-electron chi connectivity index (χ3n) is 7.40. The molecular formula is C31H28Cl2SiZr. The molecule has 4 heteroatoms. The molecule has 0 nitrogen and oxygen atoms in total. The first kappa shape index (κ1) is 26.4. The van der Waals surface area contributed by atoms with Gasteiger partial charge in [-0.2, -0.15) is 0 Å². The van der Waals surface area contributed by atoms with Crippen molar-refractivity contribution in [2.45, 2.75) is 27.3 Å². The summed E-state index contributed by atoms with van der Waals surface area (Å²) in [5, 5.41) is 0. The van der Waals surface area contributed by atoms with Crippen LogP contribution in [0.15, 0.2) is 103 Å². The van der Waals surface area contributed by atoms with E-state index < -0.39 is 25.8 Å². The van der Waals surface area contributed by atoms with Crippen LogP contribution in [0.2, 0.25) is 13.1 Å². The van der Waals surface area contributed by atoms with Crippen LogP contribution in [0.25, 0.3) is 28.3 Å². The van der Waals surface area contributed by atoms with Gasteiger partial charge in [-0.1, -0.05) is 0 Å². The van der Waals surface area contributed by atoms with Crippen LogP contribution < -0.4 is 24.8 Å². The maximum absolute atomic E-state index is 2.61. The molecular weight excluding hydrogens is 563 g/mol. The first-order valence-corrected chi connectivity index (χ1v) is 20.9. The van der Waals surface area contributed by atoms with Crippen molar-refractivity contribution in [1.82, 2.24) is 0 Å². The van der Waals surface area contributed by atoms with Crippen LogP contribution in [0.1, 0.15) is 36.4 Å². The molecule has 0 aromatic heterocycles. The summed E-state index contributed by atoms with van der Waals surface area (Å²) in [6.45, 7) is 7.63. The van der Waals surface area contributed by atoms with E-state index in [-0.39, 0.29) is 24.8 Å². The zero-order valence-corrected chi connectivity index (χ0v) is 25.2. The SMILES string of the molecule is CC1=Cc2c(-c3ccccc3)cccc2[CH]1[Zr+2]([CH]1c2ccccc2-c2ccccc21)=[Si](C)C.[Cl-].[Cl-]. The predicted octanol–water partition coefficient (Wildman–Crippen LogP) is 2.46. The van der Waals surface area contributed by atoms with Crippen molar-refractivity contribution in [2.24, 2.45) is 0 Å². The summed E-state index contributed by atoms with van der Waals surface area (Å²) in [4.78, 5) is 0. The molecule has 0 heterocycles. The van der Waals surface area contributed by atoms with Crippen LogP contribution in [0.4, 0.5) is 0 Å². The Labute approximate surface area is 229 Å². The monoisotopic (exact) mass is 588 g/mol. The molecule has 0 fully saturated rings. The Morgan fingerprint density at radius 2 is 1.09 bits per heavy atom. The van der Waals surface area contributed by atoms with Gasteiger partial charge < -0.3 is 24.8 Å². The van der Waals surface area contributed by atoms with Gasteiger partial charge in [-0.25, -0.2) is 0 Å². The van der Waals surface area contributed by atoms with E-state index in [1.165, 1.54) is 27.8 Å². The molecule has 4 aromatic carbocycles. The van der Waals surface area contributed by atoms with Crippen molar-refractivity contribution in [3.05, 3.63) is 125 Å². The van der Waals surface area contributed by atoms with Crippen molar-refractivity contribution in [3.63, 3.8) is 0 Å². The Balaban J connectivity index is 0.00000144. The Kier molecular flexibility index (Phi) is 8.08. The summed E-state index contributed by atoms with van der Waals surface area (Å²) in [7, 11) is 0. The zero-order valence-electron chi connectivity index (χ0n) is 20.2. The van der Waals surface area contributed by atoms with Crippen molar-refractivity contribution >= 4 is 11.5 Å². The summed E-state index contributed by atoms with van der Waals surface area (Å²) in [5.74, 6) is 0. The molecule has 1 unspecified atom stereocenters. The van der Waals surface area contributed by atoms with Gasteiger partial charge in [0, 0.05) is 0 Å². The molecule has 174 valence electrons. The molecule has 0 bridgehead atoms. The van der Waals surface area contributed by atoms with E-state index in [9.17, 15) is 0 Å². The van der Waals surface area contributed by atoms with Crippen molar-refractivity contribution < 1.29 is 45.2 Å². The number of allylic oxidation sites excluding steroid dienone is 1. The molecule has 6 rings (SSSR count). The standard InChI is InChI=1S/C16H13.C13H9.C2H6Si.2ClH.Zr/c1-12-10-14-8-5-9-15(16(14)11-12)13-6-3-2-4-7-13;1-3-7-12-10(5-1)9-11-6-2-4-8-13(11)12;1-3-2;;;/h2-11H,1H3;1-9H;1-2H3;2*1H;/q;;;;;+2/p-2. The number of halogens is 2. The molecule has 0 radical (unpaired) electrons. The molecule has 1 atom stereocenters. The minimum absolute atomic E-state index is 0. The normalized spacial score (nSPS) is 14.9. The fourth-order valence-corrected chi connectivity index (χ4v) is 26.4. The predicted molar refractivity (Wildman–Crippen MR) is 139 cm³/mol. The first-order valence-electron chi connectivity index (χ1n) is 11.9. The molecule has 2 aliphatic carbocycles. The third kappa shape index (κ3) is 4.38. The van der Waals surface area contributed by atoms with E-state index in [1.807, 2.05) is 0 Å². The van der Waals surface area contributed by atoms with E-state index in [0.29, 0.717) is 7.25 Å². The molecule has 2 aliphatic rings. The van der Waals surface area contributed by atoms with Gasteiger partial charge in [-0.15, -0.1) is 0 Å². The summed E-state index contributed by atoms with van der Waals surface area (Å²) in [6, 6.07) is 36.5. The molecule has 0 saturated heterocycles. The van der Waals surface area contributed by atoms with Crippen LogP contribution in [0.3, 0.4) is 0 Å². The largest absolute Gasteiger partial charge is 1.00 e. The van der Waals surface area contributed by atoms with Gasteiger partial charge in [0.2, 0.25) is 0 Å². The molecule has 0 N–H and O–H groups in total. The second-order valence-electron chi connectivity index (χ2n) is 9.56. The van der Waals surface area contributed by atoms with Gasteiger partial charge >= 0.3 is 206 Å². The maximum atomic E-state index is 2.61. The van der Waals surface area contributed by atoms with E-state index >= 15 is 0 Å². The maximum Gasteiger partial charge on any atom is -1.00 e. The van der Waals surface area contributed by atoms with Crippen LogP contribution >= 0.6 is 0 Å². The smallest absolute Gasteiger partial charge is 1.00 e. The van der Waals surface area contributed by atoms with E-state index in [0.717, 1.165) is 0 Å². The molecule has 0 amide bonds. The molecule has 0 saturated carbocycles. The molecule has 4 aromatic rings. The number of fused-ring (bicyclic) bond motifs is 4. The van der Waals surface area contributed by atoms with Crippen LogP contribution in [0, 0.1) is 0 Å². The van der Waals surface area contributed by atoms with Crippen LogP contribution in [-0.4, -0.2) is 5.43 Å². The molecule has 0 spiro atoms. The van der Waals surface area contributed by atoms with E-state index in [1.54, 1.807) is 22.3 Å². The second-order valence-corrected chi connectivity index (χ2v) is 27.4. The fraction of sp³-hybridized carbons (Fsp3) is 0.161. The van der Waals surface area contributed by atoms with Crippen LogP contribution in [0.5, 0.6) is 0 Å². The van der Waals surface area contributed by atoms with Gasteiger partial charge in [0.1, 0.15) is 0 Å². The van der Waals surface area contributed by atoms with Gasteiger partial charge in [-0.05, 0) is 0 Å². The number of hydrogen-bond acceptors (Lipinski definition) is 0. The quantitative estimate of drug-likeness (QED) is 0.322. The fourth-order valence-electron chi connectivity index (χ4n) is 6.07. The van der Waals surface area contributed by atoms with E-state index in [4.69, 9.17) is 0 Å². The molecule has 35 heavy (non-hydrogen) atoms. The third-order valence-corrected chi connectivity index (χ3v) is 27.0. The minimum Gasteiger partial charge on any atom is -1.00 e. The number of benzene rings is 4. The Bertz CT molecular complexity index is 1410. The molecule has 0 aliphatic heterocycles. The second kappa shape index (κ2) is 10.7. The van der Waals surface area contributed by atoms with Gasteiger partial charge in [-0.3, -0.25) is 0 Å². The Hall–Kier alpha value is -1.70. The van der Waals surface area contributed by atoms with Crippen molar-refractivity contribution in [1.29, 1.82) is 0 Å². The topological polar surface area (TPSA) is 0 Å². The van der Waals surface area contributed by atoms with Gasteiger partial charge in [0.15, 0.2) is 0 Å². The van der Waals surface area contributed by atoms with Crippen molar-refractivity contribution in [2.75, 3.05) is 0 Å². The average Bonchev–Trinajstić information content (AvgIpc) is 3.35. The first-order chi connectivity index (χ1) is 16.1. The van der Waals surface area contributed by atoms with Gasteiger partial charge in [0.05, 0.1) is 0 Å². The Morgan fingerprint density at radius 1 is 0.571 bits per heavy atom. The zero-order chi connectivity index (χ0) is 22.5. The van der Waals surface area contributed by atoms with E-state index in [2.05, 4.69) is 123 Å². The summed E-state index contributed by atoms with van der Waals surface area (Å²) in [6.07, 6.45) is 2.53.